The number of carbonyl (C=O) groups is 2. The molecule has 0 radical (unpaired) electrons. The molecule has 0 aromatic carbocycles. The highest BCUT2D eigenvalue weighted by molar-refractivity contribution is 7.13. The van der Waals surface area contributed by atoms with Gasteiger partial charge in [-0.2, -0.15) is 4.98 Å². The first-order valence-electron chi connectivity index (χ1n) is 9.06. The summed E-state index contributed by atoms with van der Waals surface area (Å²) in [5.41, 5.74) is 0.624. The Hall–Kier alpha value is -3.11. The van der Waals surface area contributed by atoms with E-state index in [9.17, 15) is 9.59 Å². The Balaban J connectivity index is 1.31. The van der Waals surface area contributed by atoms with Gasteiger partial charge < -0.3 is 14.2 Å². The van der Waals surface area contributed by atoms with Crippen LogP contribution in [0.3, 0.4) is 0 Å². The van der Waals surface area contributed by atoms with E-state index in [1.54, 1.807) is 28.4 Å². The van der Waals surface area contributed by atoms with Gasteiger partial charge in [0, 0.05) is 32.4 Å². The minimum atomic E-state index is -0.478. The molecule has 29 heavy (non-hydrogen) atoms. The first-order valence-corrected chi connectivity index (χ1v) is 9.94. The first-order chi connectivity index (χ1) is 14.1. The summed E-state index contributed by atoms with van der Waals surface area (Å²) in [7, 11) is 1.30. The summed E-state index contributed by atoms with van der Waals surface area (Å²) in [6.45, 7) is 3.09. The lowest BCUT2D eigenvalue weighted by atomic mass is 10.2. The Labute approximate surface area is 170 Å². The van der Waals surface area contributed by atoms with E-state index in [2.05, 4.69) is 24.8 Å². The third-order valence-electron chi connectivity index (χ3n) is 4.63. The van der Waals surface area contributed by atoms with Crippen molar-refractivity contribution in [1.82, 2.24) is 24.9 Å². The molecule has 9 nitrogen and oxygen atoms in total. The molecule has 1 aliphatic rings. The van der Waals surface area contributed by atoms with Crippen molar-refractivity contribution in [3.63, 3.8) is 0 Å². The van der Waals surface area contributed by atoms with Crippen molar-refractivity contribution in [2.24, 2.45) is 0 Å². The Morgan fingerprint density at radius 3 is 2.69 bits per heavy atom. The molecule has 3 aromatic heterocycles. The van der Waals surface area contributed by atoms with Crippen molar-refractivity contribution >= 4 is 23.2 Å². The van der Waals surface area contributed by atoms with E-state index in [4.69, 9.17) is 4.52 Å². The molecule has 10 heteroatoms. The first kappa shape index (κ1) is 19.2. The molecule has 150 valence electrons. The highest BCUT2D eigenvalue weighted by Gasteiger charge is 2.24. The molecule has 3 aromatic rings. The van der Waals surface area contributed by atoms with Crippen molar-refractivity contribution in [2.45, 2.75) is 6.54 Å². The lowest BCUT2D eigenvalue weighted by Gasteiger charge is -2.33. The summed E-state index contributed by atoms with van der Waals surface area (Å²) in [5, 5.41) is 6.00. The molecule has 1 amide bonds. The van der Waals surface area contributed by atoms with Crippen LogP contribution in [-0.2, 0) is 11.3 Å². The lowest BCUT2D eigenvalue weighted by Crippen LogP contribution is -2.48. The number of esters is 1. The van der Waals surface area contributed by atoms with E-state index in [-0.39, 0.29) is 5.91 Å². The molecule has 0 bridgehead atoms. The van der Waals surface area contributed by atoms with Gasteiger partial charge in [-0.15, -0.1) is 11.3 Å². The molecule has 1 aliphatic heterocycles. The predicted molar refractivity (Wildman–Crippen MR) is 104 cm³/mol. The fraction of sp³-hybridized carbons (Fsp3) is 0.316. The zero-order valence-corrected chi connectivity index (χ0v) is 16.6. The predicted octanol–water partition coefficient (Wildman–Crippen LogP) is 1.94. The van der Waals surface area contributed by atoms with Gasteiger partial charge in [-0.25, -0.2) is 4.79 Å². The molecule has 4 rings (SSSR count). The third kappa shape index (κ3) is 4.33. The number of carbonyl (C=O) groups excluding carboxylic acids is 2. The number of pyridine rings is 1. The number of aromatic nitrogens is 3. The van der Waals surface area contributed by atoms with Gasteiger partial charge in [0.1, 0.15) is 5.69 Å². The minimum absolute atomic E-state index is 0.154. The highest BCUT2D eigenvalue weighted by atomic mass is 32.1. The van der Waals surface area contributed by atoms with Crippen LogP contribution in [0.2, 0.25) is 0 Å². The summed E-state index contributed by atoms with van der Waals surface area (Å²) in [4.78, 5) is 37.5. The fourth-order valence-electron chi connectivity index (χ4n) is 3.05. The molecular weight excluding hydrogens is 394 g/mol. The molecule has 0 aliphatic carbocycles. The Kier molecular flexibility index (Phi) is 5.63. The van der Waals surface area contributed by atoms with Crippen molar-refractivity contribution in [3.8, 4) is 10.7 Å². The van der Waals surface area contributed by atoms with Crippen molar-refractivity contribution in [2.75, 3.05) is 33.3 Å². The monoisotopic (exact) mass is 413 g/mol. The van der Waals surface area contributed by atoms with E-state index in [1.165, 1.54) is 13.3 Å². The van der Waals surface area contributed by atoms with E-state index in [0.717, 1.165) is 4.88 Å². The van der Waals surface area contributed by atoms with Crippen LogP contribution in [0.15, 0.2) is 40.4 Å². The summed E-state index contributed by atoms with van der Waals surface area (Å²) >= 11 is 1.57. The Bertz CT molecular complexity index is 978. The van der Waals surface area contributed by atoms with Gasteiger partial charge in [0.15, 0.2) is 0 Å². The van der Waals surface area contributed by atoms with Crippen LogP contribution < -0.4 is 0 Å². The maximum atomic E-state index is 12.6. The van der Waals surface area contributed by atoms with E-state index in [0.29, 0.717) is 55.7 Å². The van der Waals surface area contributed by atoms with E-state index >= 15 is 0 Å². The van der Waals surface area contributed by atoms with Gasteiger partial charge in [0.25, 0.3) is 5.91 Å². The quantitative estimate of drug-likeness (QED) is 0.585. The number of rotatable bonds is 5. The number of amides is 1. The molecule has 1 saturated heterocycles. The van der Waals surface area contributed by atoms with Gasteiger partial charge in [-0.1, -0.05) is 11.2 Å². The SMILES string of the molecule is COC(=O)c1ccc(C(=O)N2CCN(Cc3nc(-c4cccs4)no3)CC2)nc1. The van der Waals surface area contributed by atoms with Crippen molar-refractivity contribution < 1.29 is 18.8 Å². The average Bonchev–Trinajstić information content (AvgIpc) is 3.45. The lowest BCUT2D eigenvalue weighted by molar-refractivity contribution is 0.0590. The standard InChI is InChI=1S/C19H19N5O4S/c1-27-19(26)13-4-5-14(20-11-13)18(25)24-8-6-23(7-9-24)12-16-21-17(22-28-16)15-3-2-10-29-15/h2-5,10-11H,6-9,12H2,1H3. The number of hydrogen-bond acceptors (Lipinski definition) is 9. The summed E-state index contributed by atoms with van der Waals surface area (Å²) in [5.74, 6) is 0.533. The van der Waals surface area contributed by atoms with Gasteiger partial charge in [-0.05, 0) is 23.6 Å². The molecule has 0 N–H and O–H groups in total. The zero-order chi connectivity index (χ0) is 20.2. The van der Waals surface area contributed by atoms with Crippen molar-refractivity contribution in [1.29, 1.82) is 0 Å². The maximum absolute atomic E-state index is 12.6. The normalized spacial score (nSPS) is 14.7. The molecule has 4 heterocycles. The number of methoxy groups -OCH3 is 1. The minimum Gasteiger partial charge on any atom is -0.465 e. The number of nitrogens with zero attached hydrogens (tertiary/aromatic N) is 5. The molecule has 0 unspecified atom stereocenters. The Morgan fingerprint density at radius 1 is 1.21 bits per heavy atom. The van der Waals surface area contributed by atoms with Crippen molar-refractivity contribution in [3.05, 3.63) is 53.0 Å². The van der Waals surface area contributed by atoms with Crippen LogP contribution in [-0.4, -0.2) is 70.1 Å². The van der Waals surface area contributed by atoms with Crippen LogP contribution in [0.1, 0.15) is 26.7 Å². The molecular formula is C19H19N5O4S. The molecule has 0 spiro atoms. The average molecular weight is 413 g/mol. The van der Waals surface area contributed by atoms with Crippen LogP contribution in [0.4, 0.5) is 0 Å². The topological polar surface area (TPSA) is 102 Å². The number of hydrogen-bond donors (Lipinski definition) is 0. The number of ether oxygens (including phenoxy) is 1. The second kappa shape index (κ2) is 8.50. The van der Waals surface area contributed by atoms with Gasteiger partial charge in [0.2, 0.25) is 11.7 Å². The molecule has 1 fully saturated rings. The summed E-state index contributed by atoms with van der Waals surface area (Å²) in [6.07, 6.45) is 1.36. The van der Waals surface area contributed by atoms with Crippen LogP contribution >= 0.6 is 11.3 Å². The smallest absolute Gasteiger partial charge is 0.339 e. The molecule has 0 saturated carbocycles. The third-order valence-corrected chi connectivity index (χ3v) is 5.50. The number of thiophene rings is 1. The summed E-state index contributed by atoms with van der Waals surface area (Å²) in [6, 6.07) is 6.99. The summed E-state index contributed by atoms with van der Waals surface area (Å²) < 4.78 is 9.99. The molecule has 0 atom stereocenters. The van der Waals surface area contributed by atoms with Gasteiger partial charge in [0.05, 0.1) is 24.1 Å². The maximum Gasteiger partial charge on any atom is 0.339 e. The van der Waals surface area contributed by atoms with Crippen LogP contribution in [0, 0.1) is 0 Å². The largest absolute Gasteiger partial charge is 0.465 e. The fourth-order valence-corrected chi connectivity index (χ4v) is 3.70. The Morgan fingerprint density at radius 2 is 2.03 bits per heavy atom. The van der Waals surface area contributed by atoms with E-state index < -0.39 is 5.97 Å². The highest BCUT2D eigenvalue weighted by Crippen LogP contribution is 2.21. The van der Waals surface area contributed by atoms with Gasteiger partial charge in [-0.3, -0.25) is 14.7 Å². The zero-order valence-electron chi connectivity index (χ0n) is 15.8. The van der Waals surface area contributed by atoms with Gasteiger partial charge >= 0.3 is 5.97 Å². The second-order valence-electron chi connectivity index (χ2n) is 6.48. The van der Waals surface area contributed by atoms with Crippen LogP contribution in [0.25, 0.3) is 10.7 Å². The van der Waals surface area contributed by atoms with E-state index in [1.807, 2.05) is 17.5 Å². The van der Waals surface area contributed by atoms with Crippen LogP contribution in [0.5, 0.6) is 0 Å². The number of piperazine rings is 1. The second-order valence-corrected chi connectivity index (χ2v) is 7.43.